The number of hydrogen-bond acceptors (Lipinski definition) is 2. The van der Waals surface area contributed by atoms with E-state index >= 15 is 0 Å². The second kappa shape index (κ2) is 15.6. The fourth-order valence-electron chi connectivity index (χ4n) is 11.6. The van der Waals surface area contributed by atoms with Crippen molar-refractivity contribution in [2.45, 2.75) is 37.5 Å². The molecule has 0 amide bonds. The molecule has 2 nitrogen and oxygen atoms in total. The van der Waals surface area contributed by atoms with Gasteiger partial charge in [-0.2, -0.15) is 0 Å². The van der Waals surface area contributed by atoms with Crippen LogP contribution in [0.3, 0.4) is 0 Å². The Kier molecular flexibility index (Phi) is 9.13. The highest BCUT2D eigenvalue weighted by molar-refractivity contribution is 6.21. The average molecular weight is 843 g/mol. The first-order valence-corrected chi connectivity index (χ1v) is 23.5. The lowest BCUT2D eigenvalue weighted by Gasteiger charge is -2.36. The van der Waals surface area contributed by atoms with Gasteiger partial charge in [0.15, 0.2) is 5.82 Å². The molecule has 0 radical (unpaired) electrons. The molecule has 1 heterocycles. The number of hydrogen-bond donors (Lipinski definition) is 0. The summed E-state index contributed by atoms with van der Waals surface area (Å²) in [6.07, 6.45) is 6.28. The molecular formula is C64H46N2. The minimum absolute atomic E-state index is 0.0642. The lowest BCUT2D eigenvalue weighted by Crippen LogP contribution is -2.28. The molecule has 0 unspecified atom stereocenters. The summed E-state index contributed by atoms with van der Waals surface area (Å²) in [7, 11) is 0. The van der Waals surface area contributed by atoms with Crippen molar-refractivity contribution in [2.24, 2.45) is 0 Å². The smallest absolute Gasteiger partial charge is 0.160 e. The van der Waals surface area contributed by atoms with Crippen LogP contribution in [-0.2, 0) is 5.41 Å². The molecule has 1 spiro atoms. The van der Waals surface area contributed by atoms with Crippen LogP contribution in [-0.4, -0.2) is 9.97 Å². The van der Waals surface area contributed by atoms with Crippen LogP contribution >= 0.6 is 0 Å². The first-order valence-electron chi connectivity index (χ1n) is 23.5. The predicted octanol–water partition coefficient (Wildman–Crippen LogP) is 17.2. The molecule has 1 aromatic heterocycles. The van der Waals surface area contributed by atoms with E-state index in [1.165, 1.54) is 114 Å². The fourth-order valence-corrected chi connectivity index (χ4v) is 11.6. The molecule has 0 saturated heterocycles. The van der Waals surface area contributed by atoms with E-state index in [0.717, 1.165) is 33.6 Å². The minimum atomic E-state index is 0.0642. The molecule has 10 aromatic carbocycles. The van der Waals surface area contributed by atoms with Gasteiger partial charge in [-0.15, -0.1) is 0 Å². The molecule has 312 valence electrons. The molecule has 1 saturated carbocycles. The Morgan fingerprint density at radius 2 is 0.833 bits per heavy atom. The standard InChI is InChI=1S/C64H46N2/c1-4-19-42(20-5-1)44-25-16-27-48(37-44)58-41-59(66-63(65-58)43-21-6-2-7-22-43)62-53-31-12-10-29-51(53)60(52-30-11-13-32-54(52)62)49-28-17-26-47(38-49)50-33-18-34-56-61(50)55-39-45-23-8-9-24-46(45)40-57(55)64(56)35-14-3-15-36-64/h1-2,4-13,16-34,37-41H,3,14-15,35-36H2. The van der Waals surface area contributed by atoms with Crippen LogP contribution in [0.15, 0.2) is 218 Å². The van der Waals surface area contributed by atoms with Crippen LogP contribution in [0.25, 0.3) is 111 Å². The Balaban J connectivity index is 1.01. The third kappa shape index (κ3) is 6.24. The highest BCUT2D eigenvalue weighted by atomic mass is 14.9. The first-order chi connectivity index (χ1) is 32.7. The molecule has 66 heavy (non-hydrogen) atoms. The summed E-state index contributed by atoms with van der Waals surface area (Å²) in [5.41, 5.74) is 18.2. The van der Waals surface area contributed by atoms with Gasteiger partial charge in [-0.1, -0.05) is 207 Å². The van der Waals surface area contributed by atoms with E-state index in [2.05, 4.69) is 212 Å². The van der Waals surface area contributed by atoms with Gasteiger partial charge in [-0.25, -0.2) is 9.97 Å². The van der Waals surface area contributed by atoms with Crippen molar-refractivity contribution in [1.29, 1.82) is 0 Å². The summed E-state index contributed by atoms with van der Waals surface area (Å²) < 4.78 is 0. The van der Waals surface area contributed by atoms with Gasteiger partial charge >= 0.3 is 0 Å². The molecule has 2 aliphatic rings. The van der Waals surface area contributed by atoms with E-state index in [-0.39, 0.29) is 5.41 Å². The van der Waals surface area contributed by atoms with E-state index in [0.29, 0.717) is 5.82 Å². The molecule has 0 aliphatic heterocycles. The van der Waals surface area contributed by atoms with Crippen molar-refractivity contribution in [3.63, 3.8) is 0 Å². The summed E-state index contributed by atoms with van der Waals surface area (Å²) in [6, 6.07) is 80.1. The first kappa shape index (κ1) is 38.5. The summed E-state index contributed by atoms with van der Waals surface area (Å²) in [6.45, 7) is 0. The second-order valence-electron chi connectivity index (χ2n) is 18.3. The zero-order valence-electron chi connectivity index (χ0n) is 36.7. The van der Waals surface area contributed by atoms with E-state index in [1.807, 2.05) is 6.07 Å². The molecule has 0 bridgehead atoms. The normalized spacial score (nSPS) is 13.9. The van der Waals surface area contributed by atoms with Gasteiger partial charge in [0.1, 0.15) is 0 Å². The van der Waals surface area contributed by atoms with Crippen molar-refractivity contribution in [3.05, 3.63) is 230 Å². The number of benzene rings is 10. The highest BCUT2D eigenvalue weighted by Crippen LogP contribution is 2.59. The molecule has 2 heteroatoms. The average Bonchev–Trinajstić information content (AvgIpc) is 3.64. The monoisotopic (exact) mass is 842 g/mol. The zero-order valence-corrected chi connectivity index (χ0v) is 36.7. The lowest BCUT2D eigenvalue weighted by atomic mass is 9.67. The lowest BCUT2D eigenvalue weighted by molar-refractivity contribution is 0.353. The Hall–Kier alpha value is -7.94. The zero-order chi connectivity index (χ0) is 43.6. The van der Waals surface area contributed by atoms with Crippen molar-refractivity contribution in [3.8, 4) is 78.4 Å². The predicted molar refractivity (Wildman–Crippen MR) is 276 cm³/mol. The van der Waals surface area contributed by atoms with Gasteiger partial charge in [0, 0.05) is 22.1 Å². The van der Waals surface area contributed by atoms with Gasteiger partial charge in [0.25, 0.3) is 0 Å². The Labute approximate surface area is 385 Å². The van der Waals surface area contributed by atoms with Crippen molar-refractivity contribution in [1.82, 2.24) is 9.97 Å². The molecule has 0 atom stereocenters. The number of rotatable bonds is 6. The van der Waals surface area contributed by atoms with E-state index in [1.54, 1.807) is 0 Å². The second-order valence-corrected chi connectivity index (χ2v) is 18.3. The van der Waals surface area contributed by atoms with Crippen molar-refractivity contribution >= 4 is 32.3 Å². The largest absolute Gasteiger partial charge is 0.228 e. The fraction of sp³-hybridized carbons (Fsp3) is 0.0938. The molecule has 13 rings (SSSR count). The molecular weight excluding hydrogens is 797 g/mol. The van der Waals surface area contributed by atoms with Crippen molar-refractivity contribution in [2.75, 3.05) is 0 Å². The summed E-state index contributed by atoms with van der Waals surface area (Å²) in [4.78, 5) is 10.7. The maximum atomic E-state index is 5.43. The third-order valence-electron chi connectivity index (χ3n) is 14.6. The molecule has 0 N–H and O–H groups in total. The van der Waals surface area contributed by atoms with Crippen LogP contribution < -0.4 is 0 Å². The SMILES string of the molecule is c1ccc(-c2cccc(-c3cc(-c4c5ccccc5c(-c5cccc(-c6cccc7c6-c6cc8ccccc8cc6C76CCCCC6)c5)c5ccccc45)nc(-c4ccccc4)n3)c2)cc1. The van der Waals surface area contributed by atoms with E-state index < -0.39 is 0 Å². The Morgan fingerprint density at radius 3 is 1.55 bits per heavy atom. The van der Waals surface area contributed by atoms with Gasteiger partial charge in [0.05, 0.1) is 11.4 Å². The minimum Gasteiger partial charge on any atom is -0.228 e. The van der Waals surface area contributed by atoms with Crippen LogP contribution in [0.5, 0.6) is 0 Å². The van der Waals surface area contributed by atoms with Crippen molar-refractivity contribution < 1.29 is 0 Å². The molecule has 1 fully saturated rings. The Morgan fingerprint density at radius 1 is 0.303 bits per heavy atom. The highest BCUT2D eigenvalue weighted by Gasteiger charge is 2.44. The quantitative estimate of drug-likeness (QED) is 0.156. The van der Waals surface area contributed by atoms with Gasteiger partial charge < -0.3 is 0 Å². The van der Waals surface area contributed by atoms with Crippen LogP contribution in [0.4, 0.5) is 0 Å². The summed E-state index contributed by atoms with van der Waals surface area (Å²) in [5.74, 6) is 0.707. The number of fused-ring (bicyclic) bond motifs is 8. The van der Waals surface area contributed by atoms with Crippen LogP contribution in [0.1, 0.15) is 43.2 Å². The number of nitrogens with zero attached hydrogens (tertiary/aromatic N) is 2. The Bertz CT molecular complexity index is 3620. The molecule has 2 aliphatic carbocycles. The van der Waals surface area contributed by atoms with Gasteiger partial charge in [-0.05, 0) is 131 Å². The van der Waals surface area contributed by atoms with Gasteiger partial charge in [-0.3, -0.25) is 0 Å². The maximum absolute atomic E-state index is 5.43. The van der Waals surface area contributed by atoms with Gasteiger partial charge in [0.2, 0.25) is 0 Å². The number of aromatic nitrogens is 2. The summed E-state index contributed by atoms with van der Waals surface area (Å²) >= 11 is 0. The van der Waals surface area contributed by atoms with Crippen LogP contribution in [0, 0.1) is 0 Å². The topological polar surface area (TPSA) is 25.8 Å². The molecule has 11 aromatic rings. The maximum Gasteiger partial charge on any atom is 0.160 e. The van der Waals surface area contributed by atoms with E-state index in [9.17, 15) is 0 Å². The third-order valence-corrected chi connectivity index (χ3v) is 14.6. The summed E-state index contributed by atoms with van der Waals surface area (Å²) in [5, 5.41) is 7.38. The van der Waals surface area contributed by atoms with Crippen LogP contribution in [0.2, 0.25) is 0 Å². The van der Waals surface area contributed by atoms with E-state index in [4.69, 9.17) is 9.97 Å².